The van der Waals surface area contributed by atoms with Crippen LogP contribution in [-0.4, -0.2) is 36.7 Å². The van der Waals surface area contributed by atoms with E-state index in [4.69, 9.17) is 5.11 Å². The Hall–Kier alpha value is -1.26. The van der Waals surface area contributed by atoms with Crippen LogP contribution in [0.4, 0.5) is 0 Å². The van der Waals surface area contributed by atoms with Gasteiger partial charge in [-0.15, -0.1) is 0 Å². The molecule has 0 heterocycles. The fourth-order valence-corrected chi connectivity index (χ4v) is 1.22. The van der Waals surface area contributed by atoms with Crippen molar-refractivity contribution in [1.82, 2.24) is 10.6 Å². The molecule has 0 aromatic heterocycles. The molecule has 0 spiro atoms. The first kappa shape index (κ1) is 14.7. The number of carboxylic acid groups (broad SMARTS) is 1. The molecule has 0 saturated carbocycles. The first-order valence-electron chi connectivity index (χ1n) is 5.86. The molecule has 0 aliphatic carbocycles. The first-order valence-corrected chi connectivity index (χ1v) is 5.86. The van der Waals surface area contributed by atoms with Gasteiger partial charge in [0.1, 0.15) is 0 Å². The molecule has 94 valence electrons. The topological polar surface area (TPSA) is 73.7 Å². The Morgan fingerprint density at radius 3 is 2.31 bits per heavy atom. The monoisotopic (exact) mass is 229 g/mol. The molecule has 5 nitrogen and oxygen atoms in total. The van der Waals surface area contributed by atoms with Crippen LogP contribution in [0, 0.1) is 5.92 Å². The molecule has 0 aromatic rings. The quantitative estimate of drug-likeness (QED) is 0.347. The van der Waals surface area contributed by atoms with E-state index in [1.54, 1.807) is 6.92 Å². The fraction of sp³-hybridized carbons (Fsp3) is 0.818. The summed E-state index contributed by atoms with van der Waals surface area (Å²) in [6, 6.07) is 0. The Balaban J connectivity index is 3.81. The lowest BCUT2D eigenvalue weighted by Gasteiger charge is -2.09. The van der Waals surface area contributed by atoms with Crippen LogP contribution < -0.4 is 10.6 Å². The Labute approximate surface area is 97.3 Å². The van der Waals surface area contributed by atoms with Gasteiger partial charge in [-0.3, -0.25) is 9.79 Å². The number of rotatable bonds is 7. The highest BCUT2D eigenvalue weighted by Crippen LogP contribution is 2.04. The van der Waals surface area contributed by atoms with Crippen LogP contribution in [0.3, 0.4) is 0 Å². The molecule has 5 heteroatoms. The molecule has 0 aromatic carbocycles. The lowest BCUT2D eigenvalue weighted by Crippen LogP contribution is -2.37. The van der Waals surface area contributed by atoms with Crippen LogP contribution in [0.15, 0.2) is 4.99 Å². The molecule has 0 rings (SSSR count). The van der Waals surface area contributed by atoms with E-state index in [2.05, 4.69) is 15.6 Å². The average molecular weight is 229 g/mol. The standard InChI is InChI=1S/C11H23N3O2/c1-4-12-11(13-5-2)14-8-6-7-9(3)10(15)16/h9H,4-8H2,1-3H3,(H,15,16)(H2,12,13,14)/t9-/m0/s1. The third-order valence-electron chi connectivity index (χ3n) is 2.18. The minimum Gasteiger partial charge on any atom is -0.481 e. The van der Waals surface area contributed by atoms with Crippen molar-refractivity contribution in [3.8, 4) is 0 Å². The predicted octanol–water partition coefficient (Wildman–Crippen LogP) is 1.06. The second kappa shape index (κ2) is 9.00. The number of carboxylic acids is 1. The lowest BCUT2D eigenvalue weighted by molar-refractivity contribution is -0.141. The SMILES string of the molecule is CCNC(=NCCC[C@H](C)C(=O)O)NCC. The Kier molecular flexibility index (Phi) is 8.29. The number of guanidine groups is 1. The molecular formula is C11H23N3O2. The van der Waals surface area contributed by atoms with Crippen molar-refractivity contribution in [2.45, 2.75) is 33.6 Å². The molecule has 0 unspecified atom stereocenters. The largest absolute Gasteiger partial charge is 0.481 e. The van der Waals surface area contributed by atoms with Gasteiger partial charge >= 0.3 is 5.97 Å². The fourth-order valence-electron chi connectivity index (χ4n) is 1.22. The van der Waals surface area contributed by atoms with E-state index in [1.165, 1.54) is 0 Å². The molecule has 0 radical (unpaired) electrons. The molecule has 0 aliphatic heterocycles. The summed E-state index contributed by atoms with van der Waals surface area (Å²) in [6.45, 7) is 8.07. The van der Waals surface area contributed by atoms with Crippen molar-refractivity contribution in [3.05, 3.63) is 0 Å². The molecule has 3 N–H and O–H groups in total. The summed E-state index contributed by atoms with van der Waals surface area (Å²) >= 11 is 0. The van der Waals surface area contributed by atoms with Crippen molar-refractivity contribution in [3.63, 3.8) is 0 Å². The van der Waals surface area contributed by atoms with Crippen LogP contribution in [0.1, 0.15) is 33.6 Å². The second-order valence-electron chi connectivity index (χ2n) is 3.67. The molecule has 0 saturated heterocycles. The molecule has 0 amide bonds. The predicted molar refractivity (Wildman–Crippen MR) is 65.7 cm³/mol. The van der Waals surface area contributed by atoms with Gasteiger partial charge in [0, 0.05) is 19.6 Å². The summed E-state index contributed by atoms with van der Waals surface area (Å²) in [5, 5.41) is 14.9. The highest BCUT2D eigenvalue weighted by molar-refractivity contribution is 5.79. The molecule has 16 heavy (non-hydrogen) atoms. The smallest absolute Gasteiger partial charge is 0.306 e. The van der Waals surface area contributed by atoms with Gasteiger partial charge in [0.15, 0.2) is 5.96 Å². The molecule has 1 atom stereocenters. The Morgan fingerprint density at radius 1 is 1.31 bits per heavy atom. The van der Waals surface area contributed by atoms with Crippen molar-refractivity contribution >= 4 is 11.9 Å². The van der Waals surface area contributed by atoms with Gasteiger partial charge in [-0.2, -0.15) is 0 Å². The van der Waals surface area contributed by atoms with E-state index < -0.39 is 5.97 Å². The van der Waals surface area contributed by atoms with Crippen LogP contribution >= 0.6 is 0 Å². The second-order valence-corrected chi connectivity index (χ2v) is 3.67. The van der Waals surface area contributed by atoms with E-state index in [0.717, 1.165) is 25.5 Å². The van der Waals surface area contributed by atoms with E-state index in [0.29, 0.717) is 13.0 Å². The van der Waals surface area contributed by atoms with E-state index in [-0.39, 0.29) is 5.92 Å². The van der Waals surface area contributed by atoms with Crippen LogP contribution in [0.2, 0.25) is 0 Å². The number of aliphatic imine (C=N–C) groups is 1. The van der Waals surface area contributed by atoms with Gasteiger partial charge in [0.25, 0.3) is 0 Å². The van der Waals surface area contributed by atoms with Gasteiger partial charge in [0.05, 0.1) is 5.92 Å². The number of nitrogens with zero attached hydrogens (tertiary/aromatic N) is 1. The number of aliphatic carboxylic acids is 1. The van der Waals surface area contributed by atoms with Gasteiger partial charge < -0.3 is 15.7 Å². The van der Waals surface area contributed by atoms with Crippen LogP contribution in [0.5, 0.6) is 0 Å². The number of nitrogens with one attached hydrogen (secondary N) is 2. The van der Waals surface area contributed by atoms with Crippen molar-refractivity contribution in [1.29, 1.82) is 0 Å². The third kappa shape index (κ3) is 7.09. The van der Waals surface area contributed by atoms with Gasteiger partial charge in [0.2, 0.25) is 0 Å². The number of carbonyl (C=O) groups is 1. The summed E-state index contributed by atoms with van der Waals surface area (Å²) in [6.07, 6.45) is 1.47. The van der Waals surface area contributed by atoms with Crippen LogP contribution in [-0.2, 0) is 4.79 Å². The minimum atomic E-state index is -0.734. The number of hydrogen-bond acceptors (Lipinski definition) is 2. The normalized spacial score (nSPS) is 11.7. The van der Waals surface area contributed by atoms with Crippen molar-refractivity contribution in [2.24, 2.45) is 10.9 Å². The highest BCUT2D eigenvalue weighted by atomic mass is 16.4. The van der Waals surface area contributed by atoms with Crippen molar-refractivity contribution < 1.29 is 9.90 Å². The van der Waals surface area contributed by atoms with Crippen molar-refractivity contribution in [2.75, 3.05) is 19.6 Å². The maximum Gasteiger partial charge on any atom is 0.306 e. The highest BCUT2D eigenvalue weighted by Gasteiger charge is 2.09. The molecule has 0 fully saturated rings. The first-order chi connectivity index (χ1) is 7.61. The Bertz CT molecular complexity index is 221. The average Bonchev–Trinajstić information content (AvgIpc) is 2.24. The zero-order valence-electron chi connectivity index (χ0n) is 10.4. The zero-order chi connectivity index (χ0) is 12.4. The van der Waals surface area contributed by atoms with Crippen LogP contribution in [0.25, 0.3) is 0 Å². The van der Waals surface area contributed by atoms with E-state index >= 15 is 0 Å². The minimum absolute atomic E-state index is 0.281. The van der Waals surface area contributed by atoms with E-state index in [1.807, 2.05) is 13.8 Å². The number of hydrogen-bond donors (Lipinski definition) is 3. The molecule has 0 aliphatic rings. The maximum atomic E-state index is 10.6. The summed E-state index contributed by atoms with van der Waals surface area (Å²) in [5.74, 6) is -0.215. The van der Waals surface area contributed by atoms with Gasteiger partial charge in [-0.05, 0) is 26.7 Å². The third-order valence-corrected chi connectivity index (χ3v) is 2.18. The molecule has 0 bridgehead atoms. The zero-order valence-corrected chi connectivity index (χ0v) is 10.4. The van der Waals surface area contributed by atoms with Gasteiger partial charge in [-0.1, -0.05) is 6.92 Å². The van der Waals surface area contributed by atoms with Gasteiger partial charge in [-0.25, -0.2) is 0 Å². The summed E-state index contributed by atoms with van der Waals surface area (Å²) < 4.78 is 0. The summed E-state index contributed by atoms with van der Waals surface area (Å²) in [5.41, 5.74) is 0. The lowest BCUT2D eigenvalue weighted by atomic mass is 10.1. The van der Waals surface area contributed by atoms with E-state index in [9.17, 15) is 4.79 Å². The summed E-state index contributed by atoms with van der Waals surface area (Å²) in [4.78, 5) is 14.9. The Morgan fingerprint density at radius 2 is 1.88 bits per heavy atom. The summed E-state index contributed by atoms with van der Waals surface area (Å²) in [7, 11) is 0. The maximum absolute atomic E-state index is 10.6. The molecular weight excluding hydrogens is 206 g/mol.